The summed E-state index contributed by atoms with van der Waals surface area (Å²) < 4.78 is 0. The number of aromatic hydroxyl groups is 1. The number of phenols is 1. The van der Waals surface area contributed by atoms with Gasteiger partial charge in [0.1, 0.15) is 16.5 Å². The molecule has 1 aromatic heterocycles. The van der Waals surface area contributed by atoms with Crippen molar-refractivity contribution in [1.82, 2.24) is 10.3 Å². The lowest BCUT2D eigenvalue weighted by molar-refractivity contribution is -0.120. The van der Waals surface area contributed by atoms with Gasteiger partial charge in [-0.05, 0) is 35.7 Å². The molecule has 144 valence electrons. The molecular formula is C16H17BCl2N2O6. The van der Waals surface area contributed by atoms with Crippen LogP contribution < -0.4 is 5.32 Å². The average Bonchev–Trinajstić information content (AvgIpc) is 2.55. The van der Waals surface area contributed by atoms with E-state index in [4.69, 9.17) is 16.7 Å². The Labute approximate surface area is 166 Å². The predicted octanol–water partition coefficient (Wildman–Crippen LogP) is 0.843. The van der Waals surface area contributed by atoms with Crippen LogP contribution in [0.15, 0.2) is 36.5 Å². The van der Waals surface area contributed by atoms with Crippen LogP contribution in [-0.4, -0.2) is 50.2 Å². The highest BCUT2D eigenvalue weighted by Crippen LogP contribution is 2.24. The maximum atomic E-state index is 12.1. The van der Waals surface area contributed by atoms with Crippen molar-refractivity contribution in [2.75, 3.05) is 0 Å². The summed E-state index contributed by atoms with van der Waals surface area (Å²) in [5.74, 6) is -3.45. The first-order valence-corrected chi connectivity index (χ1v) is 7.95. The lowest BCUT2D eigenvalue weighted by Crippen LogP contribution is -2.48. The summed E-state index contributed by atoms with van der Waals surface area (Å²) in [6.45, 7) is 0. The Balaban J connectivity index is 0.00000364. The molecule has 0 unspecified atom stereocenters. The van der Waals surface area contributed by atoms with E-state index >= 15 is 0 Å². The normalized spacial score (nSPS) is 11.2. The molecule has 0 saturated carbocycles. The van der Waals surface area contributed by atoms with Gasteiger partial charge >= 0.3 is 13.1 Å². The molecule has 0 aliphatic heterocycles. The summed E-state index contributed by atoms with van der Waals surface area (Å²) in [6, 6.07) is 7.18. The van der Waals surface area contributed by atoms with Crippen LogP contribution in [0.1, 0.15) is 21.5 Å². The second kappa shape index (κ2) is 10.1. The first-order valence-electron chi connectivity index (χ1n) is 7.58. The number of hydrogen-bond acceptors (Lipinski definition) is 6. The number of aromatic nitrogens is 1. The van der Waals surface area contributed by atoms with E-state index in [0.29, 0.717) is 5.56 Å². The molecule has 0 fully saturated rings. The number of carbonyl (C=O) groups is 2. The van der Waals surface area contributed by atoms with E-state index in [2.05, 4.69) is 10.3 Å². The van der Waals surface area contributed by atoms with Crippen molar-refractivity contribution in [1.29, 1.82) is 0 Å². The van der Waals surface area contributed by atoms with Crippen LogP contribution in [0.2, 0.25) is 5.15 Å². The molecule has 2 rings (SSSR count). The number of hydrogen-bond donors (Lipinski definition) is 5. The summed E-state index contributed by atoms with van der Waals surface area (Å²) in [4.78, 5) is 27.0. The molecule has 0 spiro atoms. The fourth-order valence-electron chi connectivity index (χ4n) is 2.39. The third-order valence-electron chi connectivity index (χ3n) is 3.65. The SMILES string of the molecule is Cl.O=C(Cc1ccnc(Cl)c1)N[C@@H](Cc1cccc(C(=O)O)c1O)B(O)O. The molecule has 2 aromatic rings. The van der Waals surface area contributed by atoms with E-state index in [1.165, 1.54) is 30.5 Å². The van der Waals surface area contributed by atoms with Crippen LogP contribution in [-0.2, 0) is 17.6 Å². The van der Waals surface area contributed by atoms with Gasteiger partial charge in [0.15, 0.2) is 0 Å². The van der Waals surface area contributed by atoms with Crippen LogP contribution >= 0.6 is 24.0 Å². The zero-order chi connectivity index (χ0) is 19.3. The highest BCUT2D eigenvalue weighted by Gasteiger charge is 2.27. The molecule has 0 aliphatic carbocycles. The van der Waals surface area contributed by atoms with Crippen LogP contribution in [0, 0.1) is 0 Å². The molecular weight excluding hydrogens is 398 g/mol. The number of nitrogens with zero attached hydrogens (tertiary/aromatic N) is 1. The summed E-state index contributed by atoms with van der Waals surface area (Å²) in [7, 11) is -1.91. The molecule has 1 amide bonds. The Kier molecular flexibility index (Phi) is 8.52. The summed E-state index contributed by atoms with van der Waals surface area (Å²) in [5, 5.41) is 40.7. The highest BCUT2D eigenvalue weighted by molar-refractivity contribution is 6.43. The van der Waals surface area contributed by atoms with Crippen molar-refractivity contribution < 1.29 is 29.9 Å². The van der Waals surface area contributed by atoms with Crippen molar-refractivity contribution in [2.45, 2.75) is 18.8 Å². The standard InChI is InChI=1S/C16H16BClN2O6.ClH/c18-13-6-9(4-5-19-13)7-14(21)20-12(17(25)26)8-10-2-1-3-11(15(10)22)16(23)24;/h1-6,12,22,25-26H,7-8H2,(H,20,21)(H,23,24);1H/t12-;/m0./s1. The van der Waals surface area contributed by atoms with Gasteiger partial charge in [-0.15, -0.1) is 12.4 Å². The van der Waals surface area contributed by atoms with Gasteiger partial charge in [0.2, 0.25) is 5.91 Å². The van der Waals surface area contributed by atoms with Crippen molar-refractivity contribution >= 4 is 43.0 Å². The van der Waals surface area contributed by atoms with Gasteiger partial charge < -0.3 is 25.6 Å². The zero-order valence-corrected chi connectivity index (χ0v) is 15.4. The molecule has 27 heavy (non-hydrogen) atoms. The molecule has 5 N–H and O–H groups in total. The fourth-order valence-corrected chi connectivity index (χ4v) is 2.59. The molecule has 1 aromatic carbocycles. The number of para-hydroxylation sites is 1. The number of rotatable bonds is 7. The van der Waals surface area contributed by atoms with Gasteiger partial charge in [-0.1, -0.05) is 23.7 Å². The van der Waals surface area contributed by atoms with E-state index in [-0.39, 0.29) is 41.5 Å². The Morgan fingerprint density at radius 2 is 1.96 bits per heavy atom. The highest BCUT2D eigenvalue weighted by atomic mass is 35.5. The minimum atomic E-state index is -1.91. The predicted molar refractivity (Wildman–Crippen MR) is 101 cm³/mol. The number of aromatic carboxylic acids is 1. The average molecular weight is 415 g/mol. The molecule has 11 heteroatoms. The zero-order valence-electron chi connectivity index (χ0n) is 13.9. The number of pyridine rings is 1. The third kappa shape index (κ3) is 6.40. The van der Waals surface area contributed by atoms with E-state index < -0.39 is 30.7 Å². The van der Waals surface area contributed by atoms with Gasteiger partial charge in [-0.3, -0.25) is 4.79 Å². The van der Waals surface area contributed by atoms with Crippen molar-refractivity contribution in [2.24, 2.45) is 0 Å². The maximum Gasteiger partial charge on any atom is 0.475 e. The topological polar surface area (TPSA) is 140 Å². The van der Waals surface area contributed by atoms with Gasteiger partial charge in [0, 0.05) is 6.20 Å². The minimum Gasteiger partial charge on any atom is -0.507 e. The second-order valence-corrected chi connectivity index (χ2v) is 5.96. The number of carboxylic acids is 1. The Bertz CT molecular complexity index is 821. The van der Waals surface area contributed by atoms with Crippen LogP contribution in [0.5, 0.6) is 5.75 Å². The number of benzene rings is 1. The van der Waals surface area contributed by atoms with Crippen molar-refractivity contribution in [3.05, 3.63) is 58.4 Å². The molecule has 8 nitrogen and oxygen atoms in total. The van der Waals surface area contributed by atoms with Gasteiger partial charge in [-0.25, -0.2) is 9.78 Å². The summed E-state index contributed by atoms with van der Waals surface area (Å²) >= 11 is 5.75. The molecule has 0 saturated heterocycles. The molecule has 0 aliphatic rings. The first-order chi connectivity index (χ1) is 12.3. The maximum absolute atomic E-state index is 12.1. The first kappa shape index (κ1) is 22.7. The minimum absolute atomic E-state index is 0. The molecule has 0 radical (unpaired) electrons. The summed E-state index contributed by atoms with van der Waals surface area (Å²) in [5.41, 5.74) is 0.436. The Morgan fingerprint density at radius 1 is 1.26 bits per heavy atom. The lowest BCUT2D eigenvalue weighted by atomic mass is 9.75. The van der Waals surface area contributed by atoms with E-state index in [9.17, 15) is 24.7 Å². The largest absolute Gasteiger partial charge is 0.507 e. The molecule has 1 atom stereocenters. The number of carbonyl (C=O) groups excluding carboxylic acids is 1. The smallest absolute Gasteiger partial charge is 0.475 e. The molecule has 0 bridgehead atoms. The van der Waals surface area contributed by atoms with Crippen LogP contribution in [0.25, 0.3) is 0 Å². The van der Waals surface area contributed by atoms with Crippen LogP contribution in [0.4, 0.5) is 0 Å². The third-order valence-corrected chi connectivity index (χ3v) is 3.86. The van der Waals surface area contributed by atoms with E-state index in [0.717, 1.165) is 0 Å². The van der Waals surface area contributed by atoms with Crippen molar-refractivity contribution in [3.63, 3.8) is 0 Å². The number of nitrogens with one attached hydrogen (secondary N) is 1. The van der Waals surface area contributed by atoms with E-state index in [1.807, 2.05) is 0 Å². The fraction of sp³-hybridized carbons (Fsp3) is 0.188. The van der Waals surface area contributed by atoms with Gasteiger partial charge in [0.25, 0.3) is 0 Å². The number of carboxylic acid groups (broad SMARTS) is 1. The van der Waals surface area contributed by atoms with E-state index in [1.54, 1.807) is 6.07 Å². The second-order valence-electron chi connectivity index (χ2n) is 5.57. The lowest BCUT2D eigenvalue weighted by Gasteiger charge is -2.19. The monoisotopic (exact) mass is 414 g/mol. The van der Waals surface area contributed by atoms with Crippen molar-refractivity contribution in [3.8, 4) is 5.75 Å². The van der Waals surface area contributed by atoms with Crippen LogP contribution in [0.3, 0.4) is 0 Å². The number of amides is 1. The number of halogens is 2. The Hall–Kier alpha value is -2.33. The van der Waals surface area contributed by atoms with Gasteiger partial charge in [-0.2, -0.15) is 0 Å². The summed E-state index contributed by atoms with van der Waals surface area (Å²) in [6.07, 6.45) is 1.21. The molecule has 1 heterocycles. The quantitative estimate of drug-likeness (QED) is 0.334. The Morgan fingerprint density at radius 3 is 2.56 bits per heavy atom. The van der Waals surface area contributed by atoms with Gasteiger partial charge in [0.05, 0.1) is 12.4 Å².